The first kappa shape index (κ1) is 18.7. The predicted octanol–water partition coefficient (Wildman–Crippen LogP) is 2.57. The summed E-state index contributed by atoms with van der Waals surface area (Å²) in [5.74, 6) is 0.317. The number of aryl methyl sites for hydroxylation is 1. The first-order chi connectivity index (χ1) is 12.0. The minimum atomic E-state index is -0.482. The summed E-state index contributed by atoms with van der Waals surface area (Å²) in [5.41, 5.74) is 6.21. The molecule has 0 unspecified atom stereocenters. The minimum Gasteiger partial charge on any atom is -0.497 e. The molecule has 2 aromatic carbocycles. The molecular formula is C18H20N2O4S. The van der Waals surface area contributed by atoms with Gasteiger partial charge in [0.05, 0.1) is 25.5 Å². The fourth-order valence-electron chi connectivity index (χ4n) is 2.00. The minimum absolute atomic E-state index is 0.193. The molecule has 2 N–H and O–H groups in total. The summed E-state index contributed by atoms with van der Waals surface area (Å²) in [7, 11) is 2.98. The Balaban J connectivity index is 1.88. The second-order valence-corrected chi connectivity index (χ2v) is 6.22. The predicted molar refractivity (Wildman–Crippen MR) is 97.1 cm³/mol. The molecule has 0 bridgehead atoms. The Kier molecular flexibility index (Phi) is 6.71. The number of amides is 2. The fraction of sp³-hybridized carbons (Fsp3) is 0.222. The Morgan fingerprint density at radius 2 is 1.72 bits per heavy atom. The molecule has 0 spiro atoms. The molecule has 0 aliphatic rings. The van der Waals surface area contributed by atoms with Crippen LogP contribution in [0.1, 0.15) is 15.9 Å². The monoisotopic (exact) mass is 360 g/mol. The van der Waals surface area contributed by atoms with Crippen molar-refractivity contribution < 1.29 is 19.1 Å². The molecule has 0 atom stereocenters. The Morgan fingerprint density at radius 3 is 2.36 bits per heavy atom. The summed E-state index contributed by atoms with van der Waals surface area (Å²) in [6, 6.07) is 12.7. The van der Waals surface area contributed by atoms with Gasteiger partial charge in [-0.1, -0.05) is 17.7 Å². The maximum absolute atomic E-state index is 12.2. The molecule has 7 heteroatoms. The molecule has 2 amide bonds. The number of rotatable bonds is 6. The molecule has 2 rings (SSSR count). The van der Waals surface area contributed by atoms with Crippen LogP contribution in [0.3, 0.4) is 0 Å². The highest BCUT2D eigenvalue weighted by molar-refractivity contribution is 8.00. The summed E-state index contributed by atoms with van der Waals surface area (Å²) in [5, 5.41) is 0. The standard InChI is InChI=1S/C18H20N2O4S/c1-12-4-7-14(8-5-12)25-11-17(21)19-20-18(22)15-10-13(23-2)6-9-16(15)24-3/h4-10H,11H2,1-3H3,(H,19,21)(H,20,22). The van der Waals surface area contributed by atoms with E-state index in [9.17, 15) is 9.59 Å². The number of benzene rings is 2. The summed E-state index contributed by atoms with van der Waals surface area (Å²) in [6.45, 7) is 2.00. The molecule has 25 heavy (non-hydrogen) atoms. The highest BCUT2D eigenvalue weighted by Crippen LogP contribution is 2.23. The number of carbonyl (C=O) groups is 2. The number of hydrazine groups is 1. The van der Waals surface area contributed by atoms with Crippen LogP contribution in [-0.2, 0) is 4.79 Å². The number of methoxy groups -OCH3 is 2. The lowest BCUT2D eigenvalue weighted by atomic mass is 10.2. The average Bonchev–Trinajstić information content (AvgIpc) is 2.65. The third-order valence-electron chi connectivity index (χ3n) is 3.36. The van der Waals surface area contributed by atoms with Crippen molar-refractivity contribution in [2.24, 2.45) is 0 Å². The van der Waals surface area contributed by atoms with Gasteiger partial charge in [0, 0.05) is 4.90 Å². The van der Waals surface area contributed by atoms with Gasteiger partial charge in [-0.05, 0) is 37.3 Å². The van der Waals surface area contributed by atoms with Crippen molar-refractivity contribution >= 4 is 23.6 Å². The van der Waals surface area contributed by atoms with Gasteiger partial charge in [-0.25, -0.2) is 0 Å². The SMILES string of the molecule is COc1ccc(OC)c(C(=O)NNC(=O)CSc2ccc(C)cc2)c1. The van der Waals surface area contributed by atoms with Crippen LogP contribution in [-0.4, -0.2) is 31.8 Å². The molecule has 0 aliphatic carbocycles. The van der Waals surface area contributed by atoms with Crippen molar-refractivity contribution in [1.82, 2.24) is 10.9 Å². The van der Waals surface area contributed by atoms with Crippen molar-refractivity contribution in [3.05, 3.63) is 53.6 Å². The van der Waals surface area contributed by atoms with Crippen LogP contribution >= 0.6 is 11.8 Å². The van der Waals surface area contributed by atoms with E-state index in [1.54, 1.807) is 18.2 Å². The van der Waals surface area contributed by atoms with Gasteiger partial charge in [-0.15, -0.1) is 11.8 Å². The van der Waals surface area contributed by atoms with Gasteiger partial charge in [0.2, 0.25) is 5.91 Å². The van der Waals surface area contributed by atoms with Crippen LogP contribution in [0.25, 0.3) is 0 Å². The highest BCUT2D eigenvalue weighted by atomic mass is 32.2. The number of hydrogen-bond acceptors (Lipinski definition) is 5. The van der Waals surface area contributed by atoms with E-state index in [1.165, 1.54) is 26.0 Å². The third kappa shape index (κ3) is 5.42. The maximum atomic E-state index is 12.2. The summed E-state index contributed by atoms with van der Waals surface area (Å²) >= 11 is 1.39. The average molecular weight is 360 g/mol. The summed E-state index contributed by atoms with van der Waals surface area (Å²) < 4.78 is 10.3. The highest BCUT2D eigenvalue weighted by Gasteiger charge is 2.14. The van der Waals surface area contributed by atoms with Gasteiger partial charge in [0.25, 0.3) is 5.91 Å². The van der Waals surface area contributed by atoms with Crippen LogP contribution in [0, 0.1) is 6.92 Å². The van der Waals surface area contributed by atoms with Crippen LogP contribution in [0.15, 0.2) is 47.4 Å². The topological polar surface area (TPSA) is 76.7 Å². The first-order valence-corrected chi connectivity index (χ1v) is 8.52. The third-order valence-corrected chi connectivity index (χ3v) is 4.37. The van der Waals surface area contributed by atoms with Crippen molar-refractivity contribution in [3.8, 4) is 11.5 Å². The number of nitrogens with one attached hydrogen (secondary N) is 2. The van der Waals surface area contributed by atoms with Gasteiger partial charge >= 0.3 is 0 Å². The molecule has 132 valence electrons. The molecule has 0 heterocycles. The fourth-order valence-corrected chi connectivity index (χ4v) is 2.70. The van der Waals surface area contributed by atoms with Crippen LogP contribution in [0.4, 0.5) is 0 Å². The van der Waals surface area contributed by atoms with E-state index in [1.807, 2.05) is 31.2 Å². The van der Waals surface area contributed by atoms with Gasteiger partial charge in [0.1, 0.15) is 11.5 Å². The van der Waals surface area contributed by atoms with Crippen molar-refractivity contribution in [2.75, 3.05) is 20.0 Å². The number of carbonyl (C=O) groups excluding carboxylic acids is 2. The smallest absolute Gasteiger partial charge is 0.273 e. The van der Waals surface area contributed by atoms with Gasteiger partial charge in [-0.2, -0.15) is 0 Å². The van der Waals surface area contributed by atoms with E-state index in [-0.39, 0.29) is 17.2 Å². The number of thioether (sulfide) groups is 1. The Morgan fingerprint density at radius 1 is 1.00 bits per heavy atom. The number of hydrogen-bond donors (Lipinski definition) is 2. The summed E-state index contributed by atoms with van der Waals surface area (Å²) in [4.78, 5) is 25.1. The second-order valence-electron chi connectivity index (χ2n) is 5.17. The summed E-state index contributed by atoms with van der Waals surface area (Å²) in [6.07, 6.45) is 0. The Bertz CT molecular complexity index is 747. The van der Waals surface area contributed by atoms with Gasteiger partial charge in [0.15, 0.2) is 0 Å². The van der Waals surface area contributed by atoms with Crippen molar-refractivity contribution in [1.29, 1.82) is 0 Å². The van der Waals surface area contributed by atoms with E-state index in [0.717, 1.165) is 10.5 Å². The van der Waals surface area contributed by atoms with E-state index in [2.05, 4.69) is 10.9 Å². The molecule has 0 fully saturated rings. The van der Waals surface area contributed by atoms with Crippen molar-refractivity contribution in [3.63, 3.8) is 0 Å². The molecule has 0 radical (unpaired) electrons. The zero-order valence-corrected chi connectivity index (χ0v) is 15.1. The molecule has 0 aromatic heterocycles. The normalized spacial score (nSPS) is 10.0. The molecule has 0 aliphatic heterocycles. The van der Waals surface area contributed by atoms with E-state index < -0.39 is 5.91 Å². The Labute approximate surface area is 150 Å². The first-order valence-electron chi connectivity index (χ1n) is 7.54. The van der Waals surface area contributed by atoms with E-state index in [0.29, 0.717) is 11.5 Å². The zero-order valence-electron chi connectivity index (χ0n) is 14.3. The Hall–Kier alpha value is -2.67. The second kappa shape index (κ2) is 8.98. The molecular weight excluding hydrogens is 340 g/mol. The molecule has 6 nitrogen and oxygen atoms in total. The van der Waals surface area contributed by atoms with Crippen LogP contribution in [0.5, 0.6) is 11.5 Å². The van der Waals surface area contributed by atoms with Crippen molar-refractivity contribution in [2.45, 2.75) is 11.8 Å². The lowest BCUT2D eigenvalue weighted by molar-refractivity contribution is -0.119. The lowest BCUT2D eigenvalue weighted by Gasteiger charge is -2.11. The van der Waals surface area contributed by atoms with E-state index in [4.69, 9.17) is 9.47 Å². The van der Waals surface area contributed by atoms with Gasteiger partial charge < -0.3 is 9.47 Å². The molecule has 0 saturated heterocycles. The van der Waals surface area contributed by atoms with Gasteiger partial charge in [-0.3, -0.25) is 20.4 Å². The van der Waals surface area contributed by atoms with E-state index >= 15 is 0 Å². The van der Waals surface area contributed by atoms with Crippen LogP contribution in [0.2, 0.25) is 0 Å². The zero-order chi connectivity index (χ0) is 18.2. The quantitative estimate of drug-likeness (QED) is 0.612. The number of ether oxygens (including phenoxy) is 2. The maximum Gasteiger partial charge on any atom is 0.273 e. The van der Waals surface area contributed by atoms with Crippen LogP contribution < -0.4 is 20.3 Å². The molecule has 2 aromatic rings. The lowest BCUT2D eigenvalue weighted by Crippen LogP contribution is -2.42. The molecule has 0 saturated carbocycles. The largest absolute Gasteiger partial charge is 0.497 e.